The first kappa shape index (κ1) is 20.0. The number of benzene rings is 1. The minimum Gasteiger partial charge on any atom is -0.496 e. The van der Waals surface area contributed by atoms with Crippen molar-refractivity contribution in [1.29, 1.82) is 0 Å². The van der Waals surface area contributed by atoms with E-state index in [-0.39, 0.29) is 5.91 Å². The molecule has 2 heterocycles. The highest BCUT2D eigenvalue weighted by Crippen LogP contribution is 2.41. The Morgan fingerprint density at radius 2 is 2.07 bits per heavy atom. The molecule has 1 aromatic carbocycles. The molecule has 9 heteroatoms. The number of hydrogen-bond acceptors (Lipinski definition) is 7. The second-order valence-corrected chi connectivity index (χ2v) is 8.13. The Morgan fingerprint density at radius 1 is 1.28 bits per heavy atom. The Bertz CT molecular complexity index is 833. The largest absolute Gasteiger partial charge is 0.496 e. The number of anilines is 1. The van der Waals surface area contributed by atoms with Crippen LogP contribution in [0.2, 0.25) is 0 Å². The number of hydrogen-bond donors (Lipinski definition) is 1. The first-order valence-corrected chi connectivity index (χ1v) is 11.0. The summed E-state index contributed by atoms with van der Waals surface area (Å²) >= 11 is 1.46. The van der Waals surface area contributed by atoms with Gasteiger partial charge in [-0.3, -0.25) is 9.36 Å². The third kappa shape index (κ3) is 5.02. The Hall–Kier alpha value is -2.26. The first-order valence-electron chi connectivity index (χ1n) is 10.0. The molecule has 1 aliphatic heterocycles. The molecule has 0 atom stereocenters. The lowest BCUT2D eigenvalue weighted by atomic mass is 10.1. The van der Waals surface area contributed by atoms with E-state index in [9.17, 15) is 4.79 Å². The van der Waals surface area contributed by atoms with Gasteiger partial charge in [-0.2, -0.15) is 0 Å². The highest BCUT2D eigenvalue weighted by atomic mass is 32.2. The van der Waals surface area contributed by atoms with Crippen LogP contribution >= 0.6 is 11.8 Å². The van der Waals surface area contributed by atoms with Gasteiger partial charge >= 0.3 is 0 Å². The second kappa shape index (κ2) is 9.49. The lowest BCUT2D eigenvalue weighted by molar-refractivity contribution is -0.118. The molecule has 1 N–H and O–H groups in total. The van der Waals surface area contributed by atoms with Crippen molar-refractivity contribution in [2.24, 2.45) is 0 Å². The Balaban J connectivity index is 1.29. The van der Waals surface area contributed by atoms with Crippen molar-refractivity contribution >= 4 is 23.6 Å². The van der Waals surface area contributed by atoms with E-state index < -0.39 is 0 Å². The SMILES string of the molecule is COc1ccccc1CCNC(=O)CSc1nnc(N2CCOCC2)n1C1CC1. The second-order valence-electron chi connectivity index (χ2n) is 7.18. The first-order chi connectivity index (χ1) is 14.3. The van der Waals surface area contributed by atoms with Crippen molar-refractivity contribution in [2.75, 3.05) is 50.6 Å². The van der Waals surface area contributed by atoms with Crippen LogP contribution in [0.5, 0.6) is 5.75 Å². The Kier molecular flexibility index (Phi) is 6.56. The number of nitrogens with zero attached hydrogens (tertiary/aromatic N) is 4. The van der Waals surface area contributed by atoms with E-state index >= 15 is 0 Å². The maximum absolute atomic E-state index is 12.3. The molecule has 0 spiro atoms. The van der Waals surface area contributed by atoms with E-state index in [2.05, 4.69) is 25.0 Å². The zero-order chi connectivity index (χ0) is 20.1. The van der Waals surface area contributed by atoms with Crippen molar-refractivity contribution in [3.63, 3.8) is 0 Å². The van der Waals surface area contributed by atoms with Gasteiger partial charge in [-0.1, -0.05) is 30.0 Å². The molecule has 1 saturated carbocycles. The van der Waals surface area contributed by atoms with E-state index in [1.165, 1.54) is 11.8 Å². The van der Waals surface area contributed by atoms with E-state index in [4.69, 9.17) is 9.47 Å². The molecule has 2 aromatic rings. The summed E-state index contributed by atoms with van der Waals surface area (Å²) in [5.41, 5.74) is 1.09. The molecule has 156 valence electrons. The minimum absolute atomic E-state index is 0.00293. The zero-order valence-electron chi connectivity index (χ0n) is 16.7. The van der Waals surface area contributed by atoms with Gasteiger partial charge in [0.05, 0.1) is 26.1 Å². The summed E-state index contributed by atoms with van der Waals surface area (Å²) in [7, 11) is 1.66. The molecule has 2 fully saturated rings. The number of carbonyl (C=O) groups is 1. The van der Waals surface area contributed by atoms with Crippen LogP contribution < -0.4 is 15.0 Å². The van der Waals surface area contributed by atoms with Crippen LogP contribution in [-0.4, -0.2) is 66.4 Å². The molecular weight excluding hydrogens is 390 g/mol. The highest BCUT2D eigenvalue weighted by Gasteiger charge is 2.32. The smallest absolute Gasteiger partial charge is 0.230 e. The number of carbonyl (C=O) groups excluding carboxylic acids is 1. The topological polar surface area (TPSA) is 81.5 Å². The normalized spacial score (nSPS) is 16.7. The molecule has 4 rings (SSSR count). The van der Waals surface area contributed by atoms with Gasteiger partial charge < -0.3 is 19.7 Å². The van der Waals surface area contributed by atoms with Crippen molar-refractivity contribution in [3.8, 4) is 5.75 Å². The van der Waals surface area contributed by atoms with E-state index in [1.807, 2.05) is 24.3 Å². The summed E-state index contributed by atoms with van der Waals surface area (Å²) in [6, 6.07) is 8.33. The maximum atomic E-state index is 12.3. The lowest BCUT2D eigenvalue weighted by Gasteiger charge is -2.27. The van der Waals surface area contributed by atoms with E-state index in [0.717, 1.165) is 54.8 Å². The summed E-state index contributed by atoms with van der Waals surface area (Å²) in [5.74, 6) is 2.10. The van der Waals surface area contributed by atoms with Crippen molar-refractivity contribution in [3.05, 3.63) is 29.8 Å². The number of nitrogens with one attached hydrogen (secondary N) is 1. The Labute approximate surface area is 175 Å². The van der Waals surface area contributed by atoms with Gasteiger partial charge in [-0.05, 0) is 30.9 Å². The van der Waals surface area contributed by atoms with Gasteiger partial charge in [0.25, 0.3) is 0 Å². The summed E-state index contributed by atoms with van der Waals surface area (Å²) in [6.45, 7) is 3.68. The average molecular weight is 418 g/mol. The van der Waals surface area contributed by atoms with Crippen LogP contribution in [0.15, 0.2) is 29.4 Å². The predicted octanol–water partition coefficient (Wildman–Crippen LogP) is 1.91. The maximum Gasteiger partial charge on any atom is 0.230 e. The van der Waals surface area contributed by atoms with Crippen LogP contribution in [0.4, 0.5) is 5.95 Å². The van der Waals surface area contributed by atoms with Gasteiger partial charge in [-0.15, -0.1) is 10.2 Å². The number of para-hydroxylation sites is 1. The number of morpholine rings is 1. The van der Waals surface area contributed by atoms with Gasteiger partial charge in [0.1, 0.15) is 5.75 Å². The molecule has 0 unspecified atom stereocenters. The molecule has 8 nitrogen and oxygen atoms in total. The van der Waals surface area contributed by atoms with Gasteiger partial charge in [0, 0.05) is 25.7 Å². The lowest BCUT2D eigenvalue weighted by Crippen LogP contribution is -2.38. The van der Waals surface area contributed by atoms with Gasteiger partial charge in [0.15, 0.2) is 5.16 Å². The third-order valence-electron chi connectivity index (χ3n) is 5.09. The quantitative estimate of drug-likeness (QED) is 0.624. The van der Waals surface area contributed by atoms with Crippen LogP contribution in [0, 0.1) is 0 Å². The fourth-order valence-corrected chi connectivity index (χ4v) is 4.26. The summed E-state index contributed by atoms with van der Waals surface area (Å²) < 4.78 is 13.0. The van der Waals surface area contributed by atoms with Crippen LogP contribution in [-0.2, 0) is 16.0 Å². The van der Waals surface area contributed by atoms with Gasteiger partial charge in [-0.25, -0.2) is 0 Å². The monoisotopic (exact) mass is 417 g/mol. The van der Waals surface area contributed by atoms with Crippen LogP contribution in [0.25, 0.3) is 0 Å². The average Bonchev–Trinajstić information content (AvgIpc) is 3.52. The molecule has 1 saturated heterocycles. The molecule has 1 aliphatic carbocycles. The summed E-state index contributed by atoms with van der Waals surface area (Å²) in [4.78, 5) is 14.5. The van der Waals surface area contributed by atoms with Crippen molar-refractivity contribution in [2.45, 2.75) is 30.5 Å². The number of amides is 1. The third-order valence-corrected chi connectivity index (χ3v) is 6.04. The predicted molar refractivity (Wildman–Crippen MR) is 112 cm³/mol. The number of thioether (sulfide) groups is 1. The molecular formula is C20H27N5O3S. The van der Waals surface area contributed by atoms with E-state index in [0.29, 0.717) is 31.6 Å². The summed E-state index contributed by atoms with van der Waals surface area (Å²) in [6.07, 6.45) is 3.03. The number of aromatic nitrogens is 3. The van der Waals surface area contributed by atoms with Gasteiger partial charge in [0.2, 0.25) is 11.9 Å². The standard InChI is InChI=1S/C20H27N5O3S/c1-27-17-5-3-2-4-15(17)8-9-21-18(26)14-29-20-23-22-19(25(20)16-6-7-16)24-10-12-28-13-11-24/h2-5,16H,6-14H2,1H3,(H,21,26). The highest BCUT2D eigenvalue weighted by molar-refractivity contribution is 7.99. The fourth-order valence-electron chi connectivity index (χ4n) is 3.43. The van der Waals surface area contributed by atoms with Crippen molar-refractivity contribution < 1.29 is 14.3 Å². The Morgan fingerprint density at radius 3 is 2.83 bits per heavy atom. The zero-order valence-corrected chi connectivity index (χ0v) is 17.5. The van der Waals surface area contributed by atoms with Crippen molar-refractivity contribution in [1.82, 2.24) is 20.1 Å². The fraction of sp³-hybridized carbons (Fsp3) is 0.550. The van der Waals surface area contributed by atoms with Crippen LogP contribution in [0.3, 0.4) is 0 Å². The summed E-state index contributed by atoms with van der Waals surface area (Å²) in [5, 5.41) is 12.6. The molecule has 29 heavy (non-hydrogen) atoms. The molecule has 1 aromatic heterocycles. The molecule has 0 bridgehead atoms. The van der Waals surface area contributed by atoms with Crippen LogP contribution in [0.1, 0.15) is 24.4 Å². The minimum atomic E-state index is 0.00293. The molecule has 1 amide bonds. The number of rotatable bonds is 9. The van der Waals surface area contributed by atoms with E-state index in [1.54, 1.807) is 7.11 Å². The number of ether oxygens (including phenoxy) is 2. The number of methoxy groups -OCH3 is 1. The molecule has 2 aliphatic rings. The molecule has 0 radical (unpaired) electrons.